The molecule has 0 saturated heterocycles. The van der Waals surface area contributed by atoms with Crippen molar-refractivity contribution in [3.8, 4) is 28.6 Å². The number of methoxy groups -OCH3 is 2. The molecule has 4 rings (SSSR count). The molecule has 1 aliphatic rings. The fourth-order valence-corrected chi connectivity index (χ4v) is 3.55. The van der Waals surface area contributed by atoms with Crippen LogP contribution in [0.15, 0.2) is 42.5 Å². The van der Waals surface area contributed by atoms with Gasteiger partial charge in [-0.25, -0.2) is 4.98 Å². The number of aromatic amines is 1. The number of aromatic nitrogens is 2. The van der Waals surface area contributed by atoms with Gasteiger partial charge in [0.25, 0.3) is 5.91 Å². The first-order chi connectivity index (χ1) is 13.6. The van der Waals surface area contributed by atoms with Crippen LogP contribution in [-0.2, 0) is 6.42 Å². The lowest BCUT2D eigenvalue weighted by atomic mass is 9.93. The Bertz CT molecular complexity index is 1030. The monoisotopic (exact) mass is 379 g/mol. The van der Waals surface area contributed by atoms with Gasteiger partial charge in [0, 0.05) is 23.7 Å². The van der Waals surface area contributed by atoms with Gasteiger partial charge in [-0.2, -0.15) is 0 Å². The molecule has 1 atom stereocenters. The van der Waals surface area contributed by atoms with Crippen molar-refractivity contribution in [3.05, 3.63) is 59.4 Å². The van der Waals surface area contributed by atoms with Crippen molar-refractivity contribution in [2.75, 3.05) is 20.8 Å². The van der Waals surface area contributed by atoms with Gasteiger partial charge in [0.1, 0.15) is 17.3 Å². The van der Waals surface area contributed by atoms with Crippen LogP contribution in [0.5, 0.6) is 17.2 Å². The third-order valence-corrected chi connectivity index (χ3v) is 4.99. The van der Waals surface area contributed by atoms with Crippen molar-refractivity contribution >= 4 is 5.91 Å². The van der Waals surface area contributed by atoms with Crippen LogP contribution in [0, 0.1) is 0 Å². The van der Waals surface area contributed by atoms with E-state index in [4.69, 9.17) is 9.47 Å². The van der Waals surface area contributed by atoms with E-state index in [-0.39, 0.29) is 17.6 Å². The first-order valence-corrected chi connectivity index (χ1v) is 8.98. The Balaban J connectivity index is 1.71. The van der Waals surface area contributed by atoms with E-state index in [2.05, 4.69) is 15.3 Å². The van der Waals surface area contributed by atoms with Crippen LogP contribution in [0.1, 0.15) is 27.7 Å². The van der Waals surface area contributed by atoms with Crippen LogP contribution in [0.3, 0.4) is 0 Å². The van der Waals surface area contributed by atoms with E-state index in [1.807, 2.05) is 24.3 Å². The maximum absolute atomic E-state index is 12.6. The average molecular weight is 379 g/mol. The molecule has 0 unspecified atom stereocenters. The Kier molecular flexibility index (Phi) is 4.65. The van der Waals surface area contributed by atoms with E-state index in [1.54, 1.807) is 25.3 Å². The lowest BCUT2D eigenvalue weighted by molar-refractivity contribution is 0.0950. The molecule has 28 heavy (non-hydrogen) atoms. The summed E-state index contributed by atoms with van der Waals surface area (Å²) in [5.41, 5.74) is 2.93. The first kappa shape index (κ1) is 17.9. The number of nitrogens with one attached hydrogen (secondary N) is 2. The van der Waals surface area contributed by atoms with Crippen LogP contribution in [0.4, 0.5) is 0 Å². The standard InChI is InChI=1S/C21H21N3O4/c1-27-17-6-4-3-5-14(17)13-9-15-19(21(26)22-11-13)24-20(23-15)12-7-8-16(25)18(10-12)28-2/h3-8,10,13,25H,9,11H2,1-2H3,(H,22,26)(H,23,24)/t13-/m0/s1. The van der Waals surface area contributed by atoms with Gasteiger partial charge in [0.15, 0.2) is 11.5 Å². The zero-order chi connectivity index (χ0) is 19.7. The molecule has 0 bridgehead atoms. The zero-order valence-electron chi connectivity index (χ0n) is 15.7. The molecule has 144 valence electrons. The second kappa shape index (κ2) is 7.26. The minimum Gasteiger partial charge on any atom is -0.504 e. The lowest BCUT2D eigenvalue weighted by Gasteiger charge is -2.17. The smallest absolute Gasteiger partial charge is 0.271 e. The largest absolute Gasteiger partial charge is 0.504 e. The SMILES string of the molecule is COc1cc(-c2nc3c([nH]2)C[C@H](c2ccccc2OC)CNC3=O)ccc1O. The zero-order valence-corrected chi connectivity index (χ0v) is 15.7. The molecule has 1 aromatic heterocycles. The quantitative estimate of drug-likeness (QED) is 0.648. The van der Waals surface area contributed by atoms with E-state index in [1.165, 1.54) is 7.11 Å². The number of hydrogen-bond acceptors (Lipinski definition) is 5. The number of rotatable bonds is 4. The number of imidazole rings is 1. The molecule has 0 saturated carbocycles. The molecule has 0 spiro atoms. The number of carbonyl (C=O) groups excluding carboxylic acids is 1. The molecule has 7 nitrogen and oxygen atoms in total. The van der Waals surface area contributed by atoms with E-state index in [0.29, 0.717) is 30.2 Å². The molecule has 3 N–H and O–H groups in total. The molecule has 2 aromatic carbocycles. The number of hydrogen-bond donors (Lipinski definition) is 3. The summed E-state index contributed by atoms with van der Waals surface area (Å²) >= 11 is 0. The molecule has 7 heteroatoms. The first-order valence-electron chi connectivity index (χ1n) is 8.98. The van der Waals surface area contributed by atoms with Crippen LogP contribution in [-0.4, -0.2) is 41.7 Å². The summed E-state index contributed by atoms with van der Waals surface area (Å²) in [4.78, 5) is 20.3. The predicted octanol–water partition coefficient (Wildman–Crippen LogP) is 2.87. The Morgan fingerprint density at radius 1 is 1.11 bits per heavy atom. The summed E-state index contributed by atoms with van der Waals surface area (Å²) < 4.78 is 10.7. The van der Waals surface area contributed by atoms with Gasteiger partial charge in [-0.15, -0.1) is 0 Å². The number of para-hydroxylation sites is 1. The van der Waals surface area contributed by atoms with Gasteiger partial charge in [-0.05, 0) is 36.2 Å². The van der Waals surface area contributed by atoms with Gasteiger partial charge in [-0.1, -0.05) is 18.2 Å². The number of nitrogens with zero attached hydrogens (tertiary/aromatic N) is 1. The summed E-state index contributed by atoms with van der Waals surface area (Å²) in [5.74, 6) is 1.60. The van der Waals surface area contributed by atoms with E-state index in [0.717, 1.165) is 22.6 Å². The molecule has 0 fully saturated rings. The fourth-order valence-electron chi connectivity index (χ4n) is 3.55. The van der Waals surface area contributed by atoms with Crippen molar-refractivity contribution < 1.29 is 19.4 Å². The maximum Gasteiger partial charge on any atom is 0.271 e. The van der Waals surface area contributed by atoms with E-state index < -0.39 is 0 Å². The highest BCUT2D eigenvalue weighted by molar-refractivity contribution is 5.94. The molecule has 2 heterocycles. The Hall–Kier alpha value is -3.48. The van der Waals surface area contributed by atoms with Crippen molar-refractivity contribution in [2.24, 2.45) is 0 Å². The number of H-pyrrole nitrogens is 1. The van der Waals surface area contributed by atoms with E-state index >= 15 is 0 Å². The van der Waals surface area contributed by atoms with Crippen LogP contribution < -0.4 is 14.8 Å². The fraction of sp³-hybridized carbons (Fsp3) is 0.238. The lowest BCUT2D eigenvalue weighted by Crippen LogP contribution is -2.26. The van der Waals surface area contributed by atoms with Gasteiger partial charge in [0.05, 0.1) is 14.2 Å². The summed E-state index contributed by atoms with van der Waals surface area (Å²) in [6, 6.07) is 12.8. The number of fused-ring (bicyclic) bond motifs is 1. The Morgan fingerprint density at radius 2 is 1.89 bits per heavy atom. The number of carbonyl (C=O) groups is 1. The molecular formula is C21H21N3O4. The minimum absolute atomic E-state index is 0.0494. The van der Waals surface area contributed by atoms with Crippen molar-refractivity contribution in [2.45, 2.75) is 12.3 Å². The Morgan fingerprint density at radius 3 is 2.68 bits per heavy atom. The highest BCUT2D eigenvalue weighted by Crippen LogP contribution is 2.33. The van der Waals surface area contributed by atoms with Crippen LogP contribution in [0.2, 0.25) is 0 Å². The third kappa shape index (κ3) is 3.15. The summed E-state index contributed by atoms with van der Waals surface area (Å²) in [6.07, 6.45) is 0.622. The molecule has 0 radical (unpaired) electrons. The number of aromatic hydroxyl groups is 1. The number of benzene rings is 2. The van der Waals surface area contributed by atoms with Crippen molar-refractivity contribution in [1.82, 2.24) is 15.3 Å². The second-order valence-corrected chi connectivity index (χ2v) is 6.65. The van der Waals surface area contributed by atoms with Gasteiger partial charge in [0.2, 0.25) is 0 Å². The van der Waals surface area contributed by atoms with Crippen molar-refractivity contribution in [3.63, 3.8) is 0 Å². The Labute approximate surface area is 162 Å². The van der Waals surface area contributed by atoms with E-state index in [9.17, 15) is 9.90 Å². The van der Waals surface area contributed by atoms with Crippen molar-refractivity contribution in [1.29, 1.82) is 0 Å². The van der Waals surface area contributed by atoms with Gasteiger partial charge in [-0.3, -0.25) is 4.79 Å². The number of phenolic OH excluding ortho intramolecular Hbond substituents is 1. The highest BCUT2D eigenvalue weighted by atomic mass is 16.5. The minimum atomic E-state index is -0.208. The van der Waals surface area contributed by atoms with Gasteiger partial charge >= 0.3 is 0 Å². The summed E-state index contributed by atoms with van der Waals surface area (Å²) in [6.45, 7) is 0.506. The predicted molar refractivity (Wildman–Crippen MR) is 104 cm³/mol. The third-order valence-electron chi connectivity index (χ3n) is 4.99. The summed E-state index contributed by atoms with van der Waals surface area (Å²) in [5, 5.41) is 12.8. The number of amides is 1. The maximum atomic E-state index is 12.6. The normalized spacial score (nSPS) is 16.1. The van der Waals surface area contributed by atoms with Crippen LogP contribution in [0.25, 0.3) is 11.4 Å². The van der Waals surface area contributed by atoms with Crippen LogP contribution >= 0.6 is 0 Å². The topological polar surface area (TPSA) is 96.5 Å². The molecule has 3 aromatic rings. The average Bonchev–Trinajstić information content (AvgIpc) is 3.08. The number of phenols is 1. The molecular weight excluding hydrogens is 358 g/mol. The molecule has 0 aliphatic carbocycles. The summed E-state index contributed by atoms with van der Waals surface area (Å²) in [7, 11) is 3.13. The number of ether oxygens (including phenoxy) is 2. The second-order valence-electron chi connectivity index (χ2n) is 6.65. The molecule has 1 aliphatic heterocycles. The highest BCUT2D eigenvalue weighted by Gasteiger charge is 2.28. The van der Waals surface area contributed by atoms with Gasteiger partial charge < -0.3 is 24.9 Å². The molecule has 1 amide bonds.